The van der Waals surface area contributed by atoms with Gasteiger partial charge in [-0.15, -0.1) is 0 Å². The Balaban J connectivity index is 2.21. The van der Waals surface area contributed by atoms with Crippen LogP contribution in [0.1, 0.15) is 25.0 Å². The van der Waals surface area contributed by atoms with Crippen molar-refractivity contribution < 1.29 is 0 Å². The zero-order valence-corrected chi connectivity index (χ0v) is 11.1. The minimum absolute atomic E-state index is 0.544. The Bertz CT molecular complexity index is 577. The number of likely N-dealkylation sites (N-methyl/N-ethyl adjacent to an activating group) is 1. The number of H-pyrrole nitrogens is 1. The molecule has 4 nitrogen and oxygen atoms in total. The van der Waals surface area contributed by atoms with Crippen molar-refractivity contribution in [3.8, 4) is 6.07 Å². The molecule has 0 spiro atoms. The van der Waals surface area contributed by atoms with E-state index >= 15 is 0 Å². The van der Waals surface area contributed by atoms with E-state index in [1.807, 2.05) is 12.3 Å². The van der Waals surface area contributed by atoms with E-state index in [1.165, 1.54) is 5.56 Å². The lowest BCUT2D eigenvalue weighted by Gasteiger charge is -2.20. The molecule has 0 fully saturated rings. The number of aromatic amines is 1. The van der Waals surface area contributed by atoms with Crippen molar-refractivity contribution >= 4 is 11.0 Å². The van der Waals surface area contributed by atoms with Gasteiger partial charge in [-0.3, -0.25) is 0 Å². The summed E-state index contributed by atoms with van der Waals surface area (Å²) in [5.41, 5.74) is 2.69. The van der Waals surface area contributed by atoms with Gasteiger partial charge in [0.15, 0.2) is 0 Å². The smallest absolute Gasteiger partial charge is 0.137 e. The van der Waals surface area contributed by atoms with E-state index in [1.54, 1.807) is 6.20 Å². The van der Waals surface area contributed by atoms with Gasteiger partial charge in [0.05, 0.1) is 5.56 Å². The molecular weight excluding hydrogens is 224 g/mol. The van der Waals surface area contributed by atoms with Gasteiger partial charge in [0.25, 0.3) is 0 Å². The van der Waals surface area contributed by atoms with Crippen LogP contribution in [-0.4, -0.2) is 34.5 Å². The van der Waals surface area contributed by atoms with Crippen molar-refractivity contribution in [1.29, 1.82) is 5.26 Å². The van der Waals surface area contributed by atoms with E-state index in [-0.39, 0.29) is 0 Å². The van der Waals surface area contributed by atoms with Crippen LogP contribution in [0.5, 0.6) is 0 Å². The van der Waals surface area contributed by atoms with Crippen LogP contribution in [0.15, 0.2) is 18.5 Å². The first-order valence-corrected chi connectivity index (χ1v) is 6.18. The second kappa shape index (κ2) is 5.19. The highest BCUT2D eigenvalue weighted by Crippen LogP contribution is 2.18. The van der Waals surface area contributed by atoms with Gasteiger partial charge in [-0.2, -0.15) is 5.26 Å². The molecule has 18 heavy (non-hydrogen) atoms. The quantitative estimate of drug-likeness (QED) is 0.895. The molecule has 0 saturated heterocycles. The summed E-state index contributed by atoms with van der Waals surface area (Å²) in [6.45, 7) is 5.37. The molecule has 2 rings (SSSR count). The number of nitrogens with one attached hydrogen (secondary N) is 1. The van der Waals surface area contributed by atoms with E-state index in [0.717, 1.165) is 24.0 Å². The van der Waals surface area contributed by atoms with Crippen molar-refractivity contribution in [1.82, 2.24) is 14.9 Å². The molecule has 0 amide bonds. The predicted octanol–water partition coefficient (Wildman–Crippen LogP) is 2.32. The lowest BCUT2D eigenvalue weighted by atomic mass is 10.1. The van der Waals surface area contributed by atoms with Gasteiger partial charge in [-0.05, 0) is 38.9 Å². The summed E-state index contributed by atoms with van der Waals surface area (Å²) in [6, 6.07) is 4.58. The van der Waals surface area contributed by atoms with E-state index in [2.05, 4.69) is 41.8 Å². The van der Waals surface area contributed by atoms with Crippen LogP contribution in [0, 0.1) is 11.3 Å². The number of nitrogens with zero attached hydrogens (tertiary/aromatic N) is 3. The van der Waals surface area contributed by atoms with Crippen LogP contribution in [0.3, 0.4) is 0 Å². The maximum Gasteiger partial charge on any atom is 0.137 e. The number of hydrogen-bond donors (Lipinski definition) is 1. The fourth-order valence-corrected chi connectivity index (χ4v) is 1.88. The second-order valence-corrected chi connectivity index (χ2v) is 4.87. The molecule has 2 aromatic heterocycles. The average molecular weight is 242 g/mol. The van der Waals surface area contributed by atoms with Gasteiger partial charge in [0.2, 0.25) is 0 Å². The summed E-state index contributed by atoms with van der Waals surface area (Å²) in [5, 5.41) is 9.97. The molecule has 0 saturated carbocycles. The van der Waals surface area contributed by atoms with Gasteiger partial charge in [0, 0.05) is 30.4 Å². The third kappa shape index (κ3) is 2.52. The highest BCUT2D eigenvalue weighted by Gasteiger charge is 2.08. The Morgan fingerprint density at radius 3 is 2.94 bits per heavy atom. The van der Waals surface area contributed by atoms with Gasteiger partial charge in [-0.25, -0.2) is 4.98 Å². The summed E-state index contributed by atoms with van der Waals surface area (Å²) >= 11 is 0. The van der Waals surface area contributed by atoms with Crippen molar-refractivity contribution in [3.05, 3.63) is 29.6 Å². The molecule has 0 aliphatic carbocycles. The summed E-state index contributed by atoms with van der Waals surface area (Å²) in [6.07, 6.45) is 4.56. The summed E-state index contributed by atoms with van der Waals surface area (Å²) in [5.74, 6) is 0. The zero-order valence-electron chi connectivity index (χ0n) is 11.1. The third-order valence-electron chi connectivity index (χ3n) is 3.36. The maximum atomic E-state index is 8.91. The van der Waals surface area contributed by atoms with Gasteiger partial charge < -0.3 is 9.88 Å². The Kier molecular flexibility index (Phi) is 3.63. The fraction of sp³-hybridized carbons (Fsp3) is 0.429. The van der Waals surface area contributed by atoms with Crippen LogP contribution in [0.2, 0.25) is 0 Å². The molecule has 2 aromatic rings. The van der Waals surface area contributed by atoms with Crippen molar-refractivity contribution in [2.24, 2.45) is 0 Å². The minimum atomic E-state index is 0.544. The summed E-state index contributed by atoms with van der Waals surface area (Å²) in [7, 11) is 2.12. The highest BCUT2D eigenvalue weighted by molar-refractivity contribution is 5.80. The number of aromatic nitrogens is 2. The lowest BCUT2D eigenvalue weighted by Crippen LogP contribution is -2.28. The SMILES string of the molecule is CC(C)N(C)CCc1c[nH]c2ncc(C#N)cc12. The number of rotatable bonds is 4. The van der Waals surface area contributed by atoms with Crippen LogP contribution in [0.25, 0.3) is 11.0 Å². The minimum Gasteiger partial charge on any atom is -0.346 e. The van der Waals surface area contributed by atoms with Crippen LogP contribution in [-0.2, 0) is 6.42 Å². The summed E-state index contributed by atoms with van der Waals surface area (Å²) < 4.78 is 0. The maximum absolute atomic E-state index is 8.91. The molecule has 0 radical (unpaired) electrons. The van der Waals surface area contributed by atoms with Gasteiger partial charge in [0.1, 0.15) is 11.7 Å². The normalized spacial score (nSPS) is 11.3. The van der Waals surface area contributed by atoms with Gasteiger partial charge in [-0.1, -0.05) is 0 Å². The lowest BCUT2D eigenvalue weighted by molar-refractivity contribution is 0.278. The van der Waals surface area contributed by atoms with Gasteiger partial charge >= 0.3 is 0 Å². The molecule has 0 aliphatic rings. The third-order valence-corrected chi connectivity index (χ3v) is 3.36. The molecule has 1 N–H and O–H groups in total. The van der Waals surface area contributed by atoms with E-state index in [4.69, 9.17) is 5.26 Å². The van der Waals surface area contributed by atoms with Crippen LogP contribution < -0.4 is 0 Å². The monoisotopic (exact) mass is 242 g/mol. The number of nitriles is 1. The molecule has 0 bridgehead atoms. The molecule has 2 heterocycles. The average Bonchev–Trinajstić information content (AvgIpc) is 2.77. The number of fused-ring (bicyclic) bond motifs is 1. The second-order valence-electron chi connectivity index (χ2n) is 4.87. The summed E-state index contributed by atoms with van der Waals surface area (Å²) in [4.78, 5) is 9.70. The molecule has 0 unspecified atom stereocenters. The Morgan fingerprint density at radius 2 is 2.28 bits per heavy atom. The molecule has 0 aromatic carbocycles. The topological polar surface area (TPSA) is 55.7 Å². The first-order chi connectivity index (χ1) is 8.61. The first-order valence-electron chi connectivity index (χ1n) is 6.18. The van der Waals surface area contributed by atoms with Crippen molar-refractivity contribution in [2.75, 3.05) is 13.6 Å². The van der Waals surface area contributed by atoms with Crippen LogP contribution >= 0.6 is 0 Å². The molecule has 4 heteroatoms. The molecule has 94 valence electrons. The largest absolute Gasteiger partial charge is 0.346 e. The molecular formula is C14H18N4. The number of hydrogen-bond acceptors (Lipinski definition) is 3. The van der Waals surface area contributed by atoms with Crippen LogP contribution in [0.4, 0.5) is 0 Å². The molecule has 0 atom stereocenters. The zero-order chi connectivity index (χ0) is 13.1. The first kappa shape index (κ1) is 12.6. The Labute approximate surface area is 107 Å². The van der Waals surface area contributed by atoms with Crippen molar-refractivity contribution in [2.45, 2.75) is 26.3 Å². The predicted molar refractivity (Wildman–Crippen MR) is 72.3 cm³/mol. The van der Waals surface area contributed by atoms with E-state index in [9.17, 15) is 0 Å². The highest BCUT2D eigenvalue weighted by atomic mass is 15.1. The Morgan fingerprint density at radius 1 is 1.50 bits per heavy atom. The standard InChI is InChI=1S/C14H18N4/c1-10(2)18(3)5-4-12-9-17-14-13(12)6-11(7-15)8-16-14/h6,8-10H,4-5H2,1-3H3,(H,16,17). The van der Waals surface area contributed by atoms with E-state index in [0.29, 0.717) is 11.6 Å². The molecule has 0 aliphatic heterocycles. The Hall–Kier alpha value is -1.86. The fourth-order valence-electron chi connectivity index (χ4n) is 1.88. The number of pyridine rings is 1. The van der Waals surface area contributed by atoms with Crippen molar-refractivity contribution in [3.63, 3.8) is 0 Å². The van der Waals surface area contributed by atoms with E-state index < -0.39 is 0 Å².